The monoisotopic (exact) mass is 380 g/mol. The Kier molecular flexibility index (Phi) is 6.45. The van der Waals surface area contributed by atoms with Crippen LogP contribution in [-0.2, 0) is 21.4 Å². The highest BCUT2D eigenvalue weighted by Crippen LogP contribution is 2.24. The van der Waals surface area contributed by atoms with Crippen molar-refractivity contribution in [3.63, 3.8) is 0 Å². The highest BCUT2D eigenvalue weighted by molar-refractivity contribution is 7.92. The summed E-state index contributed by atoms with van der Waals surface area (Å²) in [6, 6.07) is 15.0. The number of hydrogen-bond acceptors (Lipinski definition) is 3. The number of anilines is 1. The second-order valence-corrected chi connectivity index (χ2v) is 7.96. The van der Waals surface area contributed by atoms with E-state index in [1.807, 2.05) is 30.3 Å². The Morgan fingerprint density at radius 3 is 2.24 bits per heavy atom. The lowest BCUT2D eigenvalue weighted by Crippen LogP contribution is -2.49. The molecule has 25 heavy (non-hydrogen) atoms. The van der Waals surface area contributed by atoms with E-state index in [9.17, 15) is 13.2 Å². The summed E-state index contributed by atoms with van der Waals surface area (Å²) in [5.74, 6) is -0.341. The van der Waals surface area contributed by atoms with E-state index in [0.29, 0.717) is 23.7 Å². The fourth-order valence-electron chi connectivity index (χ4n) is 2.55. The van der Waals surface area contributed by atoms with Crippen molar-refractivity contribution in [1.82, 2.24) is 5.32 Å². The summed E-state index contributed by atoms with van der Waals surface area (Å²) in [5, 5.41) is 3.31. The minimum atomic E-state index is -3.64. The molecular formula is C18H21ClN2O3S. The summed E-state index contributed by atoms with van der Waals surface area (Å²) in [7, 11) is -3.64. The minimum Gasteiger partial charge on any atom is -0.350 e. The molecule has 0 fully saturated rings. The second kappa shape index (κ2) is 8.36. The standard InChI is InChI=1S/C18H21ClN2O3S/c1-3-17(18(22)20-13-14-7-5-4-6-8-14)21(25(2,23)24)16-11-9-15(19)10-12-16/h4-12,17H,3,13H2,1-2H3,(H,20,22). The predicted molar refractivity (Wildman–Crippen MR) is 101 cm³/mol. The van der Waals surface area contributed by atoms with Crippen molar-refractivity contribution in [3.8, 4) is 0 Å². The summed E-state index contributed by atoms with van der Waals surface area (Å²) in [4.78, 5) is 12.6. The van der Waals surface area contributed by atoms with Crippen LogP contribution in [0.2, 0.25) is 5.02 Å². The maximum Gasteiger partial charge on any atom is 0.244 e. The van der Waals surface area contributed by atoms with Crippen LogP contribution >= 0.6 is 11.6 Å². The number of nitrogens with one attached hydrogen (secondary N) is 1. The number of carbonyl (C=O) groups excluding carboxylic acids is 1. The van der Waals surface area contributed by atoms with E-state index < -0.39 is 16.1 Å². The molecule has 1 atom stereocenters. The average molecular weight is 381 g/mol. The SMILES string of the molecule is CCC(C(=O)NCc1ccccc1)N(c1ccc(Cl)cc1)S(C)(=O)=O. The van der Waals surface area contributed by atoms with Gasteiger partial charge in [0, 0.05) is 11.6 Å². The smallest absolute Gasteiger partial charge is 0.244 e. The lowest BCUT2D eigenvalue weighted by molar-refractivity contribution is -0.122. The van der Waals surface area contributed by atoms with Crippen molar-refractivity contribution < 1.29 is 13.2 Å². The first-order valence-corrected chi connectivity index (χ1v) is 10.1. The van der Waals surface area contributed by atoms with Gasteiger partial charge in [0.25, 0.3) is 0 Å². The Balaban J connectivity index is 2.23. The number of sulfonamides is 1. The quantitative estimate of drug-likeness (QED) is 0.802. The first-order chi connectivity index (χ1) is 11.8. The summed E-state index contributed by atoms with van der Waals surface area (Å²) in [5.41, 5.74) is 1.36. The molecule has 7 heteroatoms. The van der Waals surface area contributed by atoms with Gasteiger partial charge in [-0.1, -0.05) is 48.9 Å². The lowest BCUT2D eigenvalue weighted by atomic mass is 10.1. The van der Waals surface area contributed by atoms with Crippen LogP contribution < -0.4 is 9.62 Å². The van der Waals surface area contributed by atoms with E-state index in [-0.39, 0.29) is 5.91 Å². The zero-order chi connectivity index (χ0) is 18.4. The van der Waals surface area contributed by atoms with Gasteiger partial charge in [0.2, 0.25) is 15.9 Å². The molecule has 0 saturated carbocycles. The normalized spacial score (nSPS) is 12.4. The van der Waals surface area contributed by atoms with Gasteiger partial charge in [0.15, 0.2) is 0 Å². The van der Waals surface area contributed by atoms with E-state index in [1.165, 1.54) is 0 Å². The van der Waals surface area contributed by atoms with E-state index in [4.69, 9.17) is 11.6 Å². The van der Waals surface area contributed by atoms with Gasteiger partial charge in [-0.2, -0.15) is 0 Å². The Labute approximate surface area is 153 Å². The molecule has 5 nitrogen and oxygen atoms in total. The number of rotatable bonds is 7. The largest absolute Gasteiger partial charge is 0.350 e. The fourth-order valence-corrected chi connectivity index (χ4v) is 3.89. The molecule has 0 aromatic heterocycles. The lowest BCUT2D eigenvalue weighted by Gasteiger charge is -2.30. The summed E-state index contributed by atoms with van der Waals surface area (Å²) < 4.78 is 25.8. The molecule has 0 spiro atoms. The summed E-state index contributed by atoms with van der Waals surface area (Å²) in [6.07, 6.45) is 1.44. The maximum atomic E-state index is 12.6. The highest BCUT2D eigenvalue weighted by atomic mass is 35.5. The van der Waals surface area contributed by atoms with Gasteiger partial charge in [0.1, 0.15) is 6.04 Å². The summed E-state index contributed by atoms with van der Waals surface area (Å²) >= 11 is 5.88. The average Bonchev–Trinajstić information content (AvgIpc) is 2.58. The molecule has 2 rings (SSSR count). The predicted octanol–water partition coefficient (Wildman–Crippen LogP) is 3.20. The molecule has 2 aromatic carbocycles. The van der Waals surface area contributed by atoms with Crippen molar-refractivity contribution in [2.45, 2.75) is 25.9 Å². The molecule has 1 N–H and O–H groups in total. The minimum absolute atomic E-state index is 0.341. The molecule has 0 bridgehead atoms. The van der Waals surface area contributed by atoms with E-state index in [0.717, 1.165) is 16.1 Å². The highest BCUT2D eigenvalue weighted by Gasteiger charge is 2.31. The van der Waals surface area contributed by atoms with Crippen molar-refractivity contribution in [1.29, 1.82) is 0 Å². The second-order valence-electron chi connectivity index (χ2n) is 5.66. The van der Waals surface area contributed by atoms with Crippen molar-refractivity contribution in [2.75, 3.05) is 10.6 Å². The molecule has 0 aliphatic heterocycles. The van der Waals surface area contributed by atoms with E-state index in [2.05, 4.69) is 5.32 Å². The molecular weight excluding hydrogens is 360 g/mol. The Morgan fingerprint density at radius 1 is 1.12 bits per heavy atom. The van der Waals surface area contributed by atoms with Crippen LogP contribution in [0.25, 0.3) is 0 Å². The third kappa shape index (κ3) is 5.21. The Morgan fingerprint density at radius 2 is 1.72 bits per heavy atom. The number of nitrogens with zero attached hydrogens (tertiary/aromatic N) is 1. The van der Waals surface area contributed by atoms with Crippen LogP contribution in [0.3, 0.4) is 0 Å². The number of halogens is 1. The molecule has 0 aliphatic carbocycles. The van der Waals surface area contributed by atoms with Gasteiger partial charge >= 0.3 is 0 Å². The van der Waals surface area contributed by atoms with E-state index in [1.54, 1.807) is 31.2 Å². The fraction of sp³-hybridized carbons (Fsp3) is 0.278. The van der Waals surface area contributed by atoms with Crippen molar-refractivity contribution in [2.24, 2.45) is 0 Å². The van der Waals surface area contributed by atoms with Crippen LogP contribution in [0.1, 0.15) is 18.9 Å². The molecule has 0 heterocycles. The topological polar surface area (TPSA) is 66.5 Å². The van der Waals surface area contributed by atoms with Crippen LogP contribution in [0, 0.1) is 0 Å². The Bertz CT molecular complexity index is 808. The molecule has 0 aliphatic rings. The van der Waals surface area contributed by atoms with Gasteiger partial charge in [-0.15, -0.1) is 0 Å². The number of amides is 1. The third-order valence-electron chi connectivity index (χ3n) is 3.72. The van der Waals surface area contributed by atoms with Crippen LogP contribution in [-0.4, -0.2) is 26.6 Å². The van der Waals surface area contributed by atoms with Crippen LogP contribution in [0.4, 0.5) is 5.69 Å². The third-order valence-corrected chi connectivity index (χ3v) is 5.15. The molecule has 0 saturated heterocycles. The zero-order valence-electron chi connectivity index (χ0n) is 14.1. The maximum absolute atomic E-state index is 12.6. The van der Waals surface area contributed by atoms with Crippen molar-refractivity contribution >= 4 is 33.2 Å². The molecule has 134 valence electrons. The van der Waals surface area contributed by atoms with Gasteiger partial charge in [0.05, 0.1) is 11.9 Å². The first kappa shape index (κ1) is 19.3. The van der Waals surface area contributed by atoms with Crippen LogP contribution in [0.5, 0.6) is 0 Å². The van der Waals surface area contributed by atoms with Gasteiger partial charge in [-0.3, -0.25) is 9.10 Å². The Hall–Kier alpha value is -2.05. The number of hydrogen-bond donors (Lipinski definition) is 1. The van der Waals surface area contributed by atoms with Gasteiger partial charge < -0.3 is 5.32 Å². The van der Waals surface area contributed by atoms with Gasteiger partial charge in [-0.25, -0.2) is 8.42 Å². The zero-order valence-corrected chi connectivity index (χ0v) is 15.7. The molecule has 2 aromatic rings. The van der Waals surface area contributed by atoms with Crippen LogP contribution in [0.15, 0.2) is 54.6 Å². The first-order valence-electron chi connectivity index (χ1n) is 7.89. The summed E-state index contributed by atoms with van der Waals surface area (Å²) in [6.45, 7) is 2.12. The van der Waals surface area contributed by atoms with Gasteiger partial charge in [-0.05, 0) is 36.2 Å². The molecule has 1 amide bonds. The number of benzene rings is 2. The number of carbonyl (C=O) groups is 1. The molecule has 0 radical (unpaired) electrons. The molecule has 1 unspecified atom stereocenters. The van der Waals surface area contributed by atoms with Crippen molar-refractivity contribution in [3.05, 3.63) is 65.2 Å². The van der Waals surface area contributed by atoms with E-state index >= 15 is 0 Å².